The first-order valence-corrected chi connectivity index (χ1v) is 8.12. The van der Waals surface area contributed by atoms with Crippen molar-refractivity contribution in [3.05, 3.63) is 18.2 Å². The molecule has 1 N–H and O–H groups in total. The van der Waals surface area contributed by atoms with Crippen LogP contribution in [0.2, 0.25) is 0 Å². The fourth-order valence-electron chi connectivity index (χ4n) is 1.87. The summed E-state index contributed by atoms with van der Waals surface area (Å²) in [5, 5.41) is 3.26. The molecule has 0 saturated carbocycles. The topological polar surface area (TPSA) is 47.6 Å². The molecule has 19 heavy (non-hydrogen) atoms. The van der Waals surface area contributed by atoms with Gasteiger partial charge in [-0.25, -0.2) is 0 Å². The molecule has 1 aromatic rings. The van der Waals surface area contributed by atoms with E-state index in [9.17, 15) is 4.21 Å². The molecular weight excluding hydrogens is 262 g/mol. The fourth-order valence-corrected chi connectivity index (χ4v) is 2.89. The first-order valence-electron chi connectivity index (χ1n) is 6.80. The lowest BCUT2D eigenvalue weighted by molar-refractivity contribution is 0.297. The number of hydrogen-bond donors (Lipinski definition) is 1. The Kier molecular flexibility index (Phi) is 5.66. The Hall–Kier alpha value is -1.07. The van der Waals surface area contributed by atoms with Gasteiger partial charge in [0.1, 0.15) is 0 Å². The van der Waals surface area contributed by atoms with Crippen molar-refractivity contribution < 1.29 is 13.7 Å². The van der Waals surface area contributed by atoms with Gasteiger partial charge in [-0.1, -0.05) is 6.92 Å². The molecule has 0 amide bonds. The van der Waals surface area contributed by atoms with E-state index in [1.807, 2.05) is 18.2 Å². The Balaban J connectivity index is 1.96. The van der Waals surface area contributed by atoms with Crippen LogP contribution in [0.1, 0.15) is 19.8 Å². The third kappa shape index (κ3) is 4.21. The number of fused-ring (bicyclic) bond motifs is 1. The van der Waals surface area contributed by atoms with Crippen LogP contribution in [0.4, 0.5) is 0 Å². The summed E-state index contributed by atoms with van der Waals surface area (Å²) in [5.41, 5.74) is 0. The first kappa shape index (κ1) is 14.3. The summed E-state index contributed by atoms with van der Waals surface area (Å²) in [6, 6.07) is 5.56. The van der Waals surface area contributed by atoms with Gasteiger partial charge in [-0.2, -0.15) is 0 Å². The van der Waals surface area contributed by atoms with Crippen molar-refractivity contribution in [1.82, 2.24) is 5.32 Å². The first-order chi connectivity index (χ1) is 9.31. The van der Waals surface area contributed by atoms with Gasteiger partial charge in [0.05, 0.1) is 24.0 Å². The second kappa shape index (κ2) is 7.50. The minimum Gasteiger partial charge on any atom is -0.490 e. The van der Waals surface area contributed by atoms with Gasteiger partial charge in [-0.05, 0) is 25.1 Å². The van der Waals surface area contributed by atoms with Gasteiger partial charge in [0.2, 0.25) is 0 Å². The number of rotatable bonds is 6. The summed E-state index contributed by atoms with van der Waals surface area (Å²) >= 11 is 0. The maximum absolute atomic E-state index is 12.2. The van der Waals surface area contributed by atoms with Crippen LogP contribution in [-0.4, -0.2) is 36.3 Å². The zero-order valence-electron chi connectivity index (χ0n) is 11.3. The van der Waals surface area contributed by atoms with Crippen molar-refractivity contribution in [3.63, 3.8) is 0 Å². The number of nitrogens with one attached hydrogen (secondary N) is 1. The SMILES string of the molecule is CCCNCCS(=O)c1ccc2c(c1)OCCCO2. The summed E-state index contributed by atoms with van der Waals surface area (Å²) in [7, 11) is -0.989. The lowest BCUT2D eigenvalue weighted by Crippen LogP contribution is -2.21. The van der Waals surface area contributed by atoms with Crippen molar-refractivity contribution in [2.75, 3.05) is 32.1 Å². The monoisotopic (exact) mass is 283 g/mol. The highest BCUT2D eigenvalue weighted by Gasteiger charge is 2.13. The van der Waals surface area contributed by atoms with Gasteiger partial charge >= 0.3 is 0 Å². The molecular formula is C14H21NO3S. The van der Waals surface area contributed by atoms with E-state index in [0.29, 0.717) is 24.7 Å². The minimum atomic E-state index is -0.989. The Labute approximate surface area is 116 Å². The molecule has 4 nitrogen and oxygen atoms in total. The quantitative estimate of drug-likeness (QED) is 0.811. The zero-order valence-corrected chi connectivity index (χ0v) is 12.1. The fraction of sp³-hybridized carbons (Fsp3) is 0.571. The molecule has 0 aromatic heterocycles. The molecule has 0 bridgehead atoms. The summed E-state index contributed by atoms with van der Waals surface area (Å²) in [4.78, 5) is 0.808. The van der Waals surface area contributed by atoms with E-state index in [-0.39, 0.29) is 0 Å². The lowest BCUT2D eigenvalue weighted by Gasteiger charge is -2.09. The minimum absolute atomic E-state index is 0.625. The molecule has 1 unspecified atom stereocenters. The molecule has 0 fully saturated rings. The van der Waals surface area contributed by atoms with E-state index in [1.165, 1.54) is 0 Å². The second-order valence-corrected chi connectivity index (χ2v) is 6.03. The van der Waals surface area contributed by atoms with Crippen molar-refractivity contribution in [1.29, 1.82) is 0 Å². The largest absolute Gasteiger partial charge is 0.490 e. The van der Waals surface area contributed by atoms with Crippen LogP contribution in [0, 0.1) is 0 Å². The van der Waals surface area contributed by atoms with Crippen LogP contribution in [0.5, 0.6) is 11.5 Å². The predicted molar refractivity (Wildman–Crippen MR) is 76.5 cm³/mol. The summed E-state index contributed by atoms with van der Waals surface area (Å²) < 4.78 is 23.3. The van der Waals surface area contributed by atoms with E-state index in [4.69, 9.17) is 9.47 Å². The Morgan fingerprint density at radius 3 is 2.79 bits per heavy atom. The maximum atomic E-state index is 12.2. The van der Waals surface area contributed by atoms with Gasteiger partial charge in [0.15, 0.2) is 11.5 Å². The maximum Gasteiger partial charge on any atom is 0.162 e. The second-order valence-electron chi connectivity index (χ2n) is 4.46. The normalized spacial score (nSPS) is 15.8. The van der Waals surface area contributed by atoms with E-state index in [2.05, 4.69) is 12.2 Å². The Morgan fingerprint density at radius 1 is 1.21 bits per heavy atom. The molecule has 5 heteroatoms. The van der Waals surface area contributed by atoms with Gasteiger partial charge in [0, 0.05) is 29.7 Å². The van der Waals surface area contributed by atoms with Gasteiger partial charge in [0.25, 0.3) is 0 Å². The third-order valence-electron chi connectivity index (χ3n) is 2.87. The van der Waals surface area contributed by atoms with Crippen molar-refractivity contribution in [3.8, 4) is 11.5 Å². The van der Waals surface area contributed by atoms with Crippen LogP contribution in [0.15, 0.2) is 23.1 Å². The number of benzene rings is 1. The highest BCUT2D eigenvalue weighted by Crippen LogP contribution is 2.31. The molecule has 1 aromatic carbocycles. The predicted octanol–water partition coefficient (Wildman–Crippen LogP) is 1.96. The average molecular weight is 283 g/mol. The van der Waals surface area contributed by atoms with Crippen molar-refractivity contribution >= 4 is 10.8 Å². The summed E-state index contributed by atoms with van der Waals surface area (Å²) in [6.45, 7) is 5.19. The molecule has 2 rings (SSSR count). The van der Waals surface area contributed by atoms with Gasteiger partial charge in [-0.3, -0.25) is 4.21 Å². The molecule has 1 aliphatic rings. The van der Waals surface area contributed by atoms with Crippen LogP contribution in [-0.2, 0) is 10.8 Å². The number of ether oxygens (including phenoxy) is 2. The van der Waals surface area contributed by atoms with E-state index >= 15 is 0 Å². The summed E-state index contributed by atoms with van der Waals surface area (Å²) in [5.74, 6) is 2.09. The standard InChI is InChI=1S/C14H21NO3S/c1-2-6-15-7-10-19(16)12-4-5-13-14(11-12)18-9-3-8-17-13/h4-5,11,15H,2-3,6-10H2,1H3. The van der Waals surface area contributed by atoms with Crippen LogP contribution in [0.25, 0.3) is 0 Å². The van der Waals surface area contributed by atoms with Crippen LogP contribution >= 0.6 is 0 Å². The van der Waals surface area contributed by atoms with Crippen molar-refractivity contribution in [2.45, 2.75) is 24.7 Å². The zero-order chi connectivity index (χ0) is 13.5. The molecule has 0 saturated heterocycles. The summed E-state index contributed by atoms with van der Waals surface area (Å²) in [6.07, 6.45) is 1.98. The average Bonchev–Trinajstić information content (AvgIpc) is 2.67. The van der Waals surface area contributed by atoms with Gasteiger partial charge in [-0.15, -0.1) is 0 Å². The molecule has 0 spiro atoms. The molecule has 1 atom stereocenters. The highest BCUT2D eigenvalue weighted by atomic mass is 32.2. The van der Waals surface area contributed by atoms with Gasteiger partial charge < -0.3 is 14.8 Å². The van der Waals surface area contributed by atoms with Crippen molar-refractivity contribution in [2.24, 2.45) is 0 Å². The lowest BCUT2D eigenvalue weighted by atomic mass is 10.3. The van der Waals surface area contributed by atoms with E-state index in [0.717, 1.165) is 36.6 Å². The van der Waals surface area contributed by atoms with E-state index in [1.54, 1.807) is 0 Å². The Bertz CT molecular complexity index is 437. The molecule has 1 heterocycles. The van der Waals surface area contributed by atoms with E-state index < -0.39 is 10.8 Å². The molecule has 106 valence electrons. The molecule has 0 radical (unpaired) electrons. The Morgan fingerprint density at radius 2 is 2.00 bits per heavy atom. The van der Waals surface area contributed by atoms with Crippen LogP contribution in [0.3, 0.4) is 0 Å². The smallest absolute Gasteiger partial charge is 0.162 e. The molecule has 1 aliphatic heterocycles. The highest BCUT2D eigenvalue weighted by molar-refractivity contribution is 7.85. The number of hydrogen-bond acceptors (Lipinski definition) is 4. The van der Waals surface area contributed by atoms with Crippen LogP contribution < -0.4 is 14.8 Å². The third-order valence-corrected chi connectivity index (χ3v) is 4.23. The molecule has 0 aliphatic carbocycles.